The third kappa shape index (κ3) is 6.82. The van der Waals surface area contributed by atoms with E-state index in [9.17, 15) is 31.9 Å². The van der Waals surface area contributed by atoms with Crippen LogP contribution >= 0.6 is 11.3 Å². The third-order valence-electron chi connectivity index (χ3n) is 6.27. The minimum Gasteiger partial charge on any atom is -0.325 e. The molecule has 42 heavy (non-hydrogen) atoms. The summed E-state index contributed by atoms with van der Waals surface area (Å²) in [6.45, 7) is 4.00. The van der Waals surface area contributed by atoms with Crippen molar-refractivity contribution in [3.8, 4) is 11.3 Å². The number of amides is 3. The number of hydrogen-bond acceptors (Lipinski definition) is 5. The van der Waals surface area contributed by atoms with Gasteiger partial charge in [-0.05, 0) is 55.3 Å². The van der Waals surface area contributed by atoms with Gasteiger partial charge in [0.2, 0.25) is 11.8 Å². The number of benzene rings is 3. The fourth-order valence-corrected chi connectivity index (χ4v) is 4.84. The first-order valence-electron chi connectivity index (χ1n) is 13.0. The predicted octanol–water partition coefficient (Wildman–Crippen LogP) is 7.60. The molecular formula is C30H26F4N4O3S. The van der Waals surface area contributed by atoms with Crippen LogP contribution in [0.2, 0.25) is 0 Å². The maximum atomic E-state index is 13.2. The number of alkyl halides is 3. The van der Waals surface area contributed by atoms with Crippen molar-refractivity contribution in [3.05, 3.63) is 95.1 Å². The molecule has 12 heteroatoms. The Balaban J connectivity index is 0.00000198. The van der Waals surface area contributed by atoms with Crippen LogP contribution in [-0.4, -0.2) is 22.7 Å². The molecule has 0 spiro atoms. The second-order valence-corrected chi connectivity index (χ2v) is 10.1. The van der Waals surface area contributed by atoms with E-state index in [-0.39, 0.29) is 34.2 Å². The zero-order valence-electron chi connectivity index (χ0n) is 22.5. The molecule has 218 valence electrons. The largest absolute Gasteiger partial charge is 0.416 e. The molecule has 1 aliphatic carbocycles. The molecule has 3 aromatic carbocycles. The number of rotatable bonds is 7. The molecule has 0 aliphatic heterocycles. The molecule has 0 radical (unpaired) electrons. The van der Waals surface area contributed by atoms with E-state index in [1.54, 1.807) is 30.3 Å². The van der Waals surface area contributed by atoms with Crippen molar-refractivity contribution >= 4 is 45.6 Å². The van der Waals surface area contributed by atoms with Crippen LogP contribution in [0.4, 0.5) is 34.1 Å². The number of hydrogen-bond donors (Lipinski definition) is 3. The molecule has 5 rings (SSSR count). The lowest BCUT2D eigenvalue weighted by atomic mass is 10.1. The second kappa shape index (κ2) is 12.5. The van der Waals surface area contributed by atoms with Gasteiger partial charge in [0, 0.05) is 16.9 Å². The first-order valence-corrected chi connectivity index (χ1v) is 13.8. The number of halogens is 4. The van der Waals surface area contributed by atoms with Crippen LogP contribution in [0, 0.1) is 11.2 Å². The number of aromatic nitrogens is 1. The first-order chi connectivity index (χ1) is 20.0. The topological polar surface area (TPSA) is 100 Å². The van der Waals surface area contributed by atoms with Gasteiger partial charge in [-0.2, -0.15) is 13.2 Å². The average Bonchev–Trinajstić information content (AvgIpc) is 3.70. The summed E-state index contributed by atoms with van der Waals surface area (Å²) in [5.74, 6) is -2.36. The van der Waals surface area contributed by atoms with Crippen LogP contribution in [0.5, 0.6) is 0 Å². The van der Waals surface area contributed by atoms with Crippen molar-refractivity contribution in [1.29, 1.82) is 0 Å². The number of carbonyl (C=O) groups is 3. The summed E-state index contributed by atoms with van der Waals surface area (Å²) in [7, 11) is 0. The second-order valence-electron chi connectivity index (χ2n) is 9.09. The summed E-state index contributed by atoms with van der Waals surface area (Å²) in [5.41, 5.74) is -1.24. The van der Waals surface area contributed by atoms with Crippen LogP contribution in [-0.2, 0) is 15.8 Å². The highest BCUT2D eigenvalue weighted by Crippen LogP contribution is 2.48. The Kier molecular flexibility index (Phi) is 9.05. The van der Waals surface area contributed by atoms with Crippen LogP contribution in [0.3, 0.4) is 0 Å². The molecular weight excluding hydrogens is 572 g/mol. The molecule has 0 bridgehead atoms. The monoisotopic (exact) mass is 598 g/mol. The van der Waals surface area contributed by atoms with Gasteiger partial charge in [-0.25, -0.2) is 9.37 Å². The van der Waals surface area contributed by atoms with E-state index in [2.05, 4.69) is 20.9 Å². The number of thiazole rings is 1. The highest BCUT2D eigenvalue weighted by Gasteiger charge is 2.56. The molecule has 7 nitrogen and oxygen atoms in total. The number of carbonyl (C=O) groups excluding carboxylic acids is 3. The van der Waals surface area contributed by atoms with E-state index < -0.39 is 40.7 Å². The maximum Gasteiger partial charge on any atom is 0.416 e. The van der Waals surface area contributed by atoms with Crippen LogP contribution in [0.15, 0.2) is 78.9 Å². The quantitative estimate of drug-likeness (QED) is 0.151. The minimum absolute atomic E-state index is 0.0407. The van der Waals surface area contributed by atoms with Crippen molar-refractivity contribution in [2.45, 2.75) is 32.9 Å². The normalized spacial score (nSPS) is 13.3. The van der Waals surface area contributed by atoms with Crippen molar-refractivity contribution in [2.24, 2.45) is 5.41 Å². The first kappa shape index (κ1) is 30.4. The van der Waals surface area contributed by atoms with Crippen LogP contribution in [0.25, 0.3) is 11.3 Å². The van der Waals surface area contributed by atoms with Gasteiger partial charge in [0.25, 0.3) is 5.91 Å². The highest BCUT2D eigenvalue weighted by molar-refractivity contribution is 7.18. The molecule has 4 aromatic rings. The summed E-state index contributed by atoms with van der Waals surface area (Å²) < 4.78 is 52.6. The Labute approximate surface area is 243 Å². The fraction of sp³-hybridized carbons (Fsp3) is 0.200. The summed E-state index contributed by atoms with van der Waals surface area (Å²) >= 11 is 0.830. The summed E-state index contributed by atoms with van der Waals surface area (Å²) in [6, 6.07) is 17.9. The molecule has 0 saturated heterocycles. The van der Waals surface area contributed by atoms with Gasteiger partial charge in [-0.15, -0.1) is 0 Å². The zero-order chi connectivity index (χ0) is 30.5. The van der Waals surface area contributed by atoms with E-state index in [4.69, 9.17) is 0 Å². The van der Waals surface area contributed by atoms with Gasteiger partial charge in [-0.1, -0.05) is 61.6 Å². The smallest absolute Gasteiger partial charge is 0.325 e. The van der Waals surface area contributed by atoms with Crippen molar-refractivity contribution in [1.82, 2.24) is 4.98 Å². The van der Waals surface area contributed by atoms with E-state index >= 15 is 0 Å². The van der Waals surface area contributed by atoms with Gasteiger partial charge in [0.1, 0.15) is 16.1 Å². The van der Waals surface area contributed by atoms with Crippen molar-refractivity contribution in [2.75, 3.05) is 16.0 Å². The Hall–Kier alpha value is -4.58. The lowest BCUT2D eigenvalue weighted by molar-refractivity contribution is -0.137. The summed E-state index contributed by atoms with van der Waals surface area (Å²) in [6.07, 6.45) is -4.02. The summed E-state index contributed by atoms with van der Waals surface area (Å²) in [5, 5.41) is 7.74. The summed E-state index contributed by atoms with van der Waals surface area (Å²) in [4.78, 5) is 43.7. The van der Waals surface area contributed by atoms with Gasteiger partial charge >= 0.3 is 6.18 Å². The zero-order valence-corrected chi connectivity index (χ0v) is 23.3. The molecule has 1 aromatic heterocycles. The van der Waals surface area contributed by atoms with Gasteiger partial charge in [-0.3, -0.25) is 14.4 Å². The predicted molar refractivity (Wildman–Crippen MR) is 154 cm³/mol. The minimum atomic E-state index is -4.58. The van der Waals surface area contributed by atoms with Crippen LogP contribution < -0.4 is 16.0 Å². The fourth-order valence-electron chi connectivity index (χ4n) is 3.96. The number of nitrogens with one attached hydrogen (secondary N) is 3. The van der Waals surface area contributed by atoms with E-state index in [0.29, 0.717) is 11.3 Å². The van der Waals surface area contributed by atoms with Gasteiger partial charge in [0.05, 0.1) is 11.3 Å². The number of nitrogens with zero attached hydrogens (tertiary/aromatic N) is 1. The SMILES string of the molecule is CC.O=C(Nc1cccc(C(F)(F)F)c1)c1sc(NC(=O)C2(C(=O)Nc3ccc(F)cc3)CC2)nc1-c1ccccc1. The van der Waals surface area contributed by atoms with Gasteiger partial charge < -0.3 is 16.0 Å². The lowest BCUT2D eigenvalue weighted by Gasteiger charge is -2.14. The lowest BCUT2D eigenvalue weighted by Crippen LogP contribution is -2.35. The Morgan fingerprint density at radius 2 is 1.45 bits per heavy atom. The molecule has 0 atom stereocenters. The van der Waals surface area contributed by atoms with E-state index in [1.165, 1.54) is 36.4 Å². The Bertz CT molecular complexity index is 1580. The maximum absolute atomic E-state index is 13.2. The molecule has 1 heterocycles. The molecule has 3 amide bonds. The molecule has 1 saturated carbocycles. The van der Waals surface area contributed by atoms with Crippen LogP contribution in [0.1, 0.15) is 41.9 Å². The molecule has 3 N–H and O–H groups in total. The van der Waals surface area contributed by atoms with E-state index in [0.717, 1.165) is 23.5 Å². The Morgan fingerprint density at radius 3 is 2.07 bits per heavy atom. The third-order valence-corrected chi connectivity index (χ3v) is 7.24. The van der Waals surface area contributed by atoms with E-state index in [1.807, 2.05) is 13.8 Å². The standard InChI is InChI=1S/C28H20F4N4O3S.C2H6/c29-18-9-11-19(12-10-18)34-24(38)27(13-14-27)25(39)36-26-35-21(16-5-2-1-3-6-16)22(40-26)23(37)33-20-8-4-7-17(15-20)28(30,31)32;1-2/h1-12,15H,13-14H2,(H,33,37)(H,34,38)(H,35,36,39);1-2H3. The van der Waals surface area contributed by atoms with Gasteiger partial charge in [0.15, 0.2) is 5.13 Å². The molecule has 1 fully saturated rings. The highest BCUT2D eigenvalue weighted by atomic mass is 32.1. The average molecular weight is 599 g/mol. The van der Waals surface area contributed by atoms with Crippen molar-refractivity contribution in [3.63, 3.8) is 0 Å². The molecule has 1 aliphatic rings. The molecule has 0 unspecified atom stereocenters. The number of anilines is 3. The van der Waals surface area contributed by atoms with Crippen molar-refractivity contribution < 1.29 is 31.9 Å². The Morgan fingerprint density at radius 1 is 0.810 bits per heavy atom.